The predicted octanol–water partition coefficient (Wildman–Crippen LogP) is 12.1. The van der Waals surface area contributed by atoms with E-state index in [0.29, 0.717) is 17.6 Å². The van der Waals surface area contributed by atoms with Crippen molar-refractivity contribution in [2.45, 2.75) is 0 Å². The standard InChI is InChI=1S/C48H29N5O/c1-3-14-30(15-4-1)34-21-13-22-38-42(34)45-43(37-20-9-12-25-41(37)54-45)44(49-38)31-26-28-33(29-27-31)47-50-46(32-16-5-2-6-17-32)51-48(52-47)53-39-23-10-7-18-35(39)36-19-8-11-24-40(36)53/h1-29H. The minimum atomic E-state index is 0.567. The van der Waals surface area contributed by atoms with E-state index in [9.17, 15) is 0 Å². The summed E-state index contributed by atoms with van der Waals surface area (Å²) in [5.41, 5.74) is 10.5. The lowest BCUT2D eigenvalue weighted by Gasteiger charge is -2.12. The molecule has 0 atom stereocenters. The molecule has 0 spiro atoms. The summed E-state index contributed by atoms with van der Waals surface area (Å²) in [7, 11) is 0. The van der Waals surface area contributed by atoms with Crippen LogP contribution < -0.4 is 0 Å². The van der Waals surface area contributed by atoms with E-state index in [0.717, 1.165) is 88.2 Å². The fraction of sp³-hybridized carbons (Fsp3) is 0. The van der Waals surface area contributed by atoms with Crippen LogP contribution in [0.3, 0.4) is 0 Å². The fourth-order valence-corrected chi connectivity index (χ4v) is 7.80. The molecule has 11 aromatic rings. The Kier molecular flexibility index (Phi) is 6.75. The molecule has 0 aliphatic carbocycles. The maximum atomic E-state index is 6.68. The molecule has 4 heterocycles. The Balaban J connectivity index is 1.10. The van der Waals surface area contributed by atoms with Crippen LogP contribution in [0, 0.1) is 0 Å². The molecule has 4 aromatic heterocycles. The lowest BCUT2D eigenvalue weighted by Crippen LogP contribution is -2.06. The number of furan rings is 1. The third kappa shape index (κ3) is 4.74. The molecule has 54 heavy (non-hydrogen) atoms. The number of nitrogens with zero attached hydrogens (tertiary/aromatic N) is 5. The van der Waals surface area contributed by atoms with Gasteiger partial charge in [0.2, 0.25) is 5.95 Å². The molecule has 252 valence electrons. The highest BCUT2D eigenvalue weighted by Crippen LogP contribution is 2.43. The Hall–Kier alpha value is -7.44. The Labute approximate surface area is 309 Å². The highest BCUT2D eigenvalue weighted by molar-refractivity contribution is 6.22. The first-order chi connectivity index (χ1) is 26.8. The maximum Gasteiger partial charge on any atom is 0.238 e. The first-order valence-electron chi connectivity index (χ1n) is 18.0. The van der Waals surface area contributed by atoms with Gasteiger partial charge in [0.15, 0.2) is 11.6 Å². The molecule has 0 radical (unpaired) electrons. The van der Waals surface area contributed by atoms with Crippen molar-refractivity contribution in [2.24, 2.45) is 0 Å². The first kappa shape index (κ1) is 30.2. The number of aromatic nitrogens is 5. The van der Waals surface area contributed by atoms with Gasteiger partial charge in [0.1, 0.15) is 11.2 Å². The molecule has 0 unspecified atom stereocenters. The van der Waals surface area contributed by atoms with E-state index in [1.165, 1.54) is 0 Å². The average Bonchev–Trinajstić information content (AvgIpc) is 3.80. The second-order valence-electron chi connectivity index (χ2n) is 13.4. The summed E-state index contributed by atoms with van der Waals surface area (Å²) in [6, 6.07) is 60.2. The van der Waals surface area contributed by atoms with Gasteiger partial charge in [0.25, 0.3) is 0 Å². The second kappa shape index (κ2) is 12.1. The Morgan fingerprint density at radius 2 is 0.944 bits per heavy atom. The van der Waals surface area contributed by atoms with Crippen LogP contribution in [-0.2, 0) is 0 Å². The zero-order chi connectivity index (χ0) is 35.6. The minimum Gasteiger partial charge on any atom is -0.455 e. The van der Waals surface area contributed by atoms with Crippen molar-refractivity contribution < 1.29 is 4.42 Å². The van der Waals surface area contributed by atoms with Crippen LogP contribution in [0.4, 0.5) is 0 Å². The van der Waals surface area contributed by atoms with Crippen molar-refractivity contribution in [3.05, 3.63) is 176 Å². The van der Waals surface area contributed by atoms with Crippen LogP contribution in [0.25, 0.3) is 106 Å². The fourth-order valence-electron chi connectivity index (χ4n) is 7.80. The van der Waals surface area contributed by atoms with E-state index in [2.05, 4.69) is 132 Å². The Morgan fingerprint density at radius 3 is 1.63 bits per heavy atom. The largest absolute Gasteiger partial charge is 0.455 e. The summed E-state index contributed by atoms with van der Waals surface area (Å²) in [6.07, 6.45) is 0. The van der Waals surface area contributed by atoms with Gasteiger partial charge in [-0.05, 0) is 35.4 Å². The number of benzene rings is 7. The number of rotatable bonds is 5. The smallest absolute Gasteiger partial charge is 0.238 e. The number of fused-ring (bicyclic) bond motifs is 8. The van der Waals surface area contributed by atoms with E-state index < -0.39 is 0 Å². The second-order valence-corrected chi connectivity index (χ2v) is 13.4. The van der Waals surface area contributed by atoms with E-state index in [1.807, 2.05) is 48.5 Å². The SMILES string of the molecule is c1ccc(-c2nc(-c3ccc(-c4nc5cccc(-c6ccccc6)c5c5oc6ccccc6c45)cc3)nc(-n3c4ccccc4c4ccccc43)n2)cc1. The average molecular weight is 692 g/mol. The molecular weight excluding hydrogens is 663 g/mol. The van der Waals surface area contributed by atoms with Crippen LogP contribution in [-0.4, -0.2) is 24.5 Å². The molecule has 7 aromatic carbocycles. The minimum absolute atomic E-state index is 0.567. The predicted molar refractivity (Wildman–Crippen MR) is 218 cm³/mol. The van der Waals surface area contributed by atoms with Gasteiger partial charge in [-0.2, -0.15) is 9.97 Å². The topological polar surface area (TPSA) is 69.6 Å². The zero-order valence-corrected chi connectivity index (χ0v) is 28.9. The molecule has 0 N–H and O–H groups in total. The summed E-state index contributed by atoms with van der Waals surface area (Å²) in [5, 5.41) is 5.33. The van der Waals surface area contributed by atoms with Gasteiger partial charge >= 0.3 is 0 Å². The van der Waals surface area contributed by atoms with Crippen molar-refractivity contribution in [1.29, 1.82) is 0 Å². The maximum absolute atomic E-state index is 6.68. The molecule has 0 amide bonds. The highest BCUT2D eigenvalue weighted by Gasteiger charge is 2.21. The molecule has 0 fully saturated rings. The summed E-state index contributed by atoms with van der Waals surface area (Å²) < 4.78 is 8.82. The van der Waals surface area contributed by atoms with Crippen molar-refractivity contribution >= 4 is 54.6 Å². The van der Waals surface area contributed by atoms with Gasteiger partial charge in [0.05, 0.1) is 33.0 Å². The number of hydrogen-bond donors (Lipinski definition) is 0. The zero-order valence-electron chi connectivity index (χ0n) is 28.9. The molecule has 0 aliphatic rings. The summed E-state index contributed by atoms with van der Waals surface area (Å²) in [6.45, 7) is 0. The molecule has 11 rings (SSSR count). The van der Waals surface area contributed by atoms with Gasteiger partial charge in [-0.3, -0.25) is 4.57 Å². The molecule has 6 heteroatoms. The first-order valence-corrected chi connectivity index (χ1v) is 18.0. The normalized spacial score (nSPS) is 11.7. The Morgan fingerprint density at radius 1 is 0.389 bits per heavy atom. The number of hydrogen-bond acceptors (Lipinski definition) is 5. The number of pyridine rings is 1. The van der Waals surface area contributed by atoms with Crippen LogP contribution in [0.2, 0.25) is 0 Å². The third-order valence-electron chi connectivity index (χ3n) is 10.3. The van der Waals surface area contributed by atoms with Crippen molar-refractivity contribution in [3.8, 4) is 51.1 Å². The van der Waals surface area contributed by atoms with Crippen LogP contribution >= 0.6 is 0 Å². The van der Waals surface area contributed by atoms with E-state index in [1.54, 1.807) is 0 Å². The highest BCUT2D eigenvalue weighted by atomic mass is 16.3. The molecule has 0 aliphatic heterocycles. The molecule has 0 saturated carbocycles. The third-order valence-corrected chi connectivity index (χ3v) is 10.3. The monoisotopic (exact) mass is 691 g/mol. The van der Waals surface area contributed by atoms with Crippen LogP contribution in [0.1, 0.15) is 0 Å². The van der Waals surface area contributed by atoms with Crippen molar-refractivity contribution in [3.63, 3.8) is 0 Å². The molecule has 0 saturated heterocycles. The van der Waals surface area contributed by atoms with Crippen molar-refractivity contribution in [2.75, 3.05) is 0 Å². The lowest BCUT2D eigenvalue weighted by atomic mass is 9.96. The lowest BCUT2D eigenvalue weighted by molar-refractivity contribution is 0.672. The van der Waals surface area contributed by atoms with Gasteiger partial charge in [-0.1, -0.05) is 152 Å². The molecule has 6 nitrogen and oxygen atoms in total. The van der Waals surface area contributed by atoms with Gasteiger partial charge < -0.3 is 4.42 Å². The van der Waals surface area contributed by atoms with Crippen LogP contribution in [0.5, 0.6) is 0 Å². The van der Waals surface area contributed by atoms with Gasteiger partial charge in [0, 0.05) is 32.8 Å². The van der Waals surface area contributed by atoms with E-state index in [4.69, 9.17) is 24.4 Å². The summed E-state index contributed by atoms with van der Waals surface area (Å²) >= 11 is 0. The summed E-state index contributed by atoms with van der Waals surface area (Å²) in [5.74, 6) is 1.76. The van der Waals surface area contributed by atoms with Crippen LogP contribution in [0.15, 0.2) is 180 Å². The molecule has 0 bridgehead atoms. The summed E-state index contributed by atoms with van der Waals surface area (Å²) in [4.78, 5) is 20.6. The van der Waals surface area contributed by atoms with Gasteiger partial charge in [-0.15, -0.1) is 0 Å². The van der Waals surface area contributed by atoms with Gasteiger partial charge in [-0.25, -0.2) is 9.97 Å². The Bertz CT molecular complexity index is 3150. The van der Waals surface area contributed by atoms with E-state index in [-0.39, 0.29) is 0 Å². The number of para-hydroxylation sites is 3. The quantitative estimate of drug-likeness (QED) is 0.180. The molecular formula is C48H29N5O. The van der Waals surface area contributed by atoms with Crippen molar-refractivity contribution in [1.82, 2.24) is 24.5 Å². The van der Waals surface area contributed by atoms with E-state index >= 15 is 0 Å².